The largest absolute Gasteiger partial charge is 0.495 e. The van der Waals surface area contributed by atoms with E-state index in [2.05, 4.69) is 46.4 Å². The zero-order valence-electron chi connectivity index (χ0n) is 14.8. The highest BCUT2D eigenvalue weighted by Crippen LogP contribution is 2.23. The summed E-state index contributed by atoms with van der Waals surface area (Å²) in [6, 6.07) is 16.3. The number of likely N-dealkylation sites (N-methyl/N-ethyl adjacent to an activating group) is 1. The highest BCUT2D eigenvalue weighted by atomic mass is 16.5. The van der Waals surface area contributed by atoms with Gasteiger partial charge < -0.3 is 20.7 Å². The molecule has 0 radical (unpaired) electrons. The fourth-order valence-corrected chi connectivity index (χ4v) is 2.47. The number of benzene rings is 2. The van der Waals surface area contributed by atoms with Crippen LogP contribution in [0, 0.1) is 6.92 Å². The number of methoxy groups -OCH3 is 1. The molecule has 24 heavy (non-hydrogen) atoms. The molecule has 5 heteroatoms. The molecule has 1 unspecified atom stereocenters. The normalized spacial score (nSPS) is 13.0. The van der Waals surface area contributed by atoms with Gasteiger partial charge in [-0.1, -0.05) is 42.0 Å². The maximum Gasteiger partial charge on any atom is 0.193 e. The number of aryl methyl sites for hydroxylation is 1. The van der Waals surface area contributed by atoms with Crippen molar-refractivity contribution < 1.29 is 4.74 Å². The number of hydrogen-bond donors (Lipinski definition) is 2. The maximum absolute atomic E-state index is 6.04. The Kier molecular flexibility index (Phi) is 6.21. The molecule has 0 aliphatic carbocycles. The van der Waals surface area contributed by atoms with Crippen molar-refractivity contribution in [2.24, 2.45) is 10.7 Å². The lowest BCUT2D eigenvalue weighted by Crippen LogP contribution is -2.27. The predicted octanol–water partition coefficient (Wildman–Crippen LogP) is 3.03. The number of ether oxygens (including phenoxy) is 1. The number of para-hydroxylation sites is 2. The van der Waals surface area contributed by atoms with Crippen molar-refractivity contribution in [3.05, 3.63) is 59.7 Å². The minimum Gasteiger partial charge on any atom is -0.495 e. The number of hydrogen-bond acceptors (Lipinski definition) is 3. The van der Waals surface area contributed by atoms with Crippen molar-refractivity contribution in [1.29, 1.82) is 0 Å². The van der Waals surface area contributed by atoms with E-state index in [1.165, 1.54) is 11.1 Å². The molecule has 0 aliphatic heterocycles. The van der Waals surface area contributed by atoms with Gasteiger partial charge in [0, 0.05) is 0 Å². The van der Waals surface area contributed by atoms with Gasteiger partial charge in [-0.2, -0.15) is 0 Å². The molecule has 2 rings (SSSR count). The molecule has 2 aromatic carbocycles. The number of nitrogens with zero attached hydrogens (tertiary/aromatic N) is 2. The van der Waals surface area contributed by atoms with Gasteiger partial charge in [0.2, 0.25) is 0 Å². The first-order valence-electron chi connectivity index (χ1n) is 7.94. The molecule has 0 amide bonds. The summed E-state index contributed by atoms with van der Waals surface area (Å²) in [4.78, 5) is 6.64. The number of aliphatic imine (C=N–C) groups is 1. The zero-order valence-corrected chi connectivity index (χ0v) is 14.8. The predicted molar refractivity (Wildman–Crippen MR) is 101 cm³/mol. The molecule has 0 fully saturated rings. The Morgan fingerprint density at radius 2 is 1.83 bits per heavy atom. The number of nitrogens with two attached hydrogens (primary N) is 1. The molecule has 0 heterocycles. The van der Waals surface area contributed by atoms with E-state index < -0.39 is 0 Å². The molecule has 3 N–H and O–H groups in total. The third-order valence-corrected chi connectivity index (χ3v) is 3.89. The van der Waals surface area contributed by atoms with Crippen molar-refractivity contribution in [2.45, 2.75) is 13.0 Å². The lowest BCUT2D eigenvalue weighted by atomic mass is 10.0. The van der Waals surface area contributed by atoms with Crippen LogP contribution in [-0.4, -0.2) is 38.6 Å². The summed E-state index contributed by atoms with van der Waals surface area (Å²) in [5.74, 6) is 1.11. The van der Waals surface area contributed by atoms with Crippen LogP contribution in [0.4, 0.5) is 5.69 Å². The van der Waals surface area contributed by atoms with Crippen LogP contribution >= 0.6 is 0 Å². The Morgan fingerprint density at radius 3 is 2.46 bits per heavy atom. The smallest absolute Gasteiger partial charge is 0.193 e. The lowest BCUT2D eigenvalue weighted by Gasteiger charge is -2.23. The molecule has 0 saturated carbocycles. The first-order chi connectivity index (χ1) is 11.5. The Bertz CT molecular complexity index is 680. The van der Waals surface area contributed by atoms with Crippen LogP contribution in [0.15, 0.2) is 53.5 Å². The Hall–Kier alpha value is -2.53. The van der Waals surface area contributed by atoms with Gasteiger partial charge in [-0.15, -0.1) is 0 Å². The fourth-order valence-electron chi connectivity index (χ4n) is 2.47. The Labute approximate surface area is 144 Å². The number of rotatable bonds is 6. The highest BCUT2D eigenvalue weighted by molar-refractivity contribution is 5.93. The fraction of sp³-hybridized carbons (Fsp3) is 0.316. The van der Waals surface area contributed by atoms with Gasteiger partial charge in [0.05, 0.1) is 25.4 Å². The molecular formula is C19H26N4O. The van der Waals surface area contributed by atoms with Gasteiger partial charge in [0.25, 0.3) is 0 Å². The van der Waals surface area contributed by atoms with Crippen LogP contribution in [0.2, 0.25) is 0 Å². The van der Waals surface area contributed by atoms with Gasteiger partial charge in [-0.05, 0) is 38.7 Å². The van der Waals surface area contributed by atoms with Crippen LogP contribution in [-0.2, 0) is 0 Å². The standard InChI is InChI=1S/C19H26N4O/c1-14-9-11-15(12-10-14)17(23(2)3)13-21-19(20)22-16-7-5-6-8-18(16)24-4/h5-12,17H,13H2,1-4H3,(H3,20,21,22). The molecule has 1 atom stereocenters. The van der Waals surface area contributed by atoms with E-state index in [0.29, 0.717) is 12.5 Å². The summed E-state index contributed by atoms with van der Waals surface area (Å²) < 4.78 is 5.31. The molecule has 0 saturated heterocycles. The molecule has 0 spiro atoms. The van der Waals surface area contributed by atoms with Crippen LogP contribution in [0.5, 0.6) is 5.75 Å². The van der Waals surface area contributed by atoms with Crippen molar-refractivity contribution in [2.75, 3.05) is 33.1 Å². The molecule has 0 bridgehead atoms. The van der Waals surface area contributed by atoms with Gasteiger partial charge in [0.1, 0.15) is 5.75 Å². The van der Waals surface area contributed by atoms with E-state index >= 15 is 0 Å². The zero-order chi connectivity index (χ0) is 17.5. The third kappa shape index (κ3) is 4.73. The molecule has 0 aromatic heterocycles. The second-order valence-electron chi connectivity index (χ2n) is 5.94. The summed E-state index contributed by atoms with van der Waals surface area (Å²) in [6.45, 7) is 2.66. The van der Waals surface area contributed by atoms with Gasteiger partial charge in [0.15, 0.2) is 5.96 Å². The first-order valence-corrected chi connectivity index (χ1v) is 7.94. The van der Waals surface area contributed by atoms with E-state index in [9.17, 15) is 0 Å². The molecule has 128 valence electrons. The molecular weight excluding hydrogens is 300 g/mol. The average molecular weight is 326 g/mol. The monoisotopic (exact) mass is 326 g/mol. The average Bonchev–Trinajstić information content (AvgIpc) is 2.57. The maximum atomic E-state index is 6.04. The van der Waals surface area contributed by atoms with E-state index in [0.717, 1.165) is 11.4 Å². The topological polar surface area (TPSA) is 62.9 Å². The molecule has 0 aliphatic rings. The summed E-state index contributed by atoms with van der Waals surface area (Å²) in [5.41, 5.74) is 9.32. The van der Waals surface area contributed by atoms with Crippen molar-refractivity contribution >= 4 is 11.6 Å². The van der Waals surface area contributed by atoms with Gasteiger partial charge in [-0.25, -0.2) is 0 Å². The second kappa shape index (κ2) is 8.36. The summed E-state index contributed by atoms with van der Waals surface area (Å²) >= 11 is 0. The summed E-state index contributed by atoms with van der Waals surface area (Å²) in [5, 5.41) is 3.10. The van der Waals surface area contributed by atoms with Gasteiger partial charge >= 0.3 is 0 Å². The molecule has 2 aromatic rings. The minimum atomic E-state index is 0.170. The van der Waals surface area contributed by atoms with Crippen LogP contribution < -0.4 is 15.8 Å². The van der Waals surface area contributed by atoms with Crippen LogP contribution in [0.3, 0.4) is 0 Å². The summed E-state index contributed by atoms with van der Waals surface area (Å²) in [6.07, 6.45) is 0. The van der Waals surface area contributed by atoms with E-state index in [4.69, 9.17) is 10.5 Å². The Morgan fingerprint density at radius 1 is 1.17 bits per heavy atom. The van der Waals surface area contributed by atoms with Crippen LogP contribution in [0.25, 0.3) is 0 Å². The van der Waals surface area contributed by atoms with Crippen molar-refractivity contribution in [3.63, 3.8) is 0 Å². The van der Waals surface area contributed by atoms with Crippen molar-refractivity contribution in [1.82, 2.24) is 4.90 Å². The Balaban J connectivity index is 2.09. The third-order valence-electron chi connectivity index (χ3n) is 3.89. The molecule has 5 nitrogen and oxygen atoms in total. The van der Waals surface area contributed by atoms with E-state index in [1.54, 1.807) is 7.11 Å². The number of nitrogens with one attached hydrogen (secondary N) is 1. The quantitative estimate of drug-likeness (QED) is 0.633. The van der Waals surface area contributed by atoms with E-state index in [-0.39, 0.29) is 6.04 Å². The second-order valence-corrected chi connectivity index (χ2v) is 5.94. The van der Waals surface area contributed by atoms with Crippen LogP contribution in [0.1, 0.15) is 17.2 Å². The number of anilines is 1. The van der Waals surface area contributed by atoms with Gasteiger partial charge in [-0.3, -0.25) is 4.99 Å². The number of guanidine groups is 1. The minimum absolute atomic E-state index is 0.170. The first kappa shape index (κ1) is 17.8. The summed E-state index contributed by atoms with van der Waals surface area (Å²) in [7, 11) is 5.72. The highest BCUT2D eigenvalue weighted by Gasteiger charge is 2.13. The van der Waals surface area contributed by atoms with Crippen molar-refractivity contribution in [3.8, 4) is 5.75 Å². The van der Waals surface area contributed by atoms with E-state index in [1.807, 2.05) is 38.4 Å². The lowest BCUT2D eigenvalue weighted by molar-refractivity contribution is 0.306. The SMILES string of the molecule is COc1ccccc1NC(N)=NCC(c1ccc(C)cc1)N(C)C.